The molecule has 0 atom stereocenters. The van der Waals surface area contributed by atoms with Gasteiger partial charge in [0.25, 0.3) is 0 Å². The van der Waals surface area contributed by atoms with E-state index in [1.165, 1.54) is 6.08 Å². The van der Waals surface area contributed by atoms with Gasteiger partial charge in [0.15, 0.2) is 11.5 Å². The van der Waals surface area contributed by atoms with Gasteiger partial charge >= 0.3 is 5.97 Å². The molecule has 0 aromatic heterocycles. The van der Waals surface area contributed by atoms with E-state index < -0.39 is 0 Å². The van der Waals surface area contributed by atoms with E-state index in [2.05, 4.69) is 5.32 Å². The van der Waals surface area contributed by atoms with Crippen molar-refractivity contribution in [2.75, 3.05) is 32.7 Å². The maximum Gasteiger partial charge on any atom is 0.330 e. The molecule has 0 heterocycles. The Morgan fingerprint density at radius 1 is 1.26 bits per heavy atom. The number of methoxy groups -OCH3 is 2. The summed E-state index contributed by atoms with van der Waals surface area (Å²) in [5.74, 6) is 0.994. The Morgan fingerprint density at radius 3 is 2.63 bits per heavy atom. The molecule has 0 amide bonds. The van der Waals surface area contributed by atoms with Gasteiger partial charge in [0.05, 0.1) is 20.8 Å². The number of hydrogen-bond donors (Lipinski definition) is 1. The fourth-order valence-electron chi connectivity index (χ4n) is 1.47. The second-order valence-corrected chi connectivity index (χ2v) is 3.61. The summed E-state index contributed by atoms with van der Waals surface area (Å²) in [5.41, 5.74) is 0.881. The Hall–Kier alpha value is -2.17. The minimum atomic E-state index is -0.336. The van der Waals surface area contributed by atoms with Gasteiger partial charge in [-0.25, -0.2) is 4.79 Å². The number of benzene rings is 1. The third-order valence-corrected chi connectivity index (χ3v) is 2.35. The van der Waals surface area contributed by atoms with E-state index in [9.17, 15) is 4.79 Å². The summed E-state index contributed by atoms with van der Waals surface area (Å²) in [7, 11) is 3.18. The zero-order valence-electron chi connectivity index (χ0n) is 11.4. The largest absolute Gasteiger partial charge is 0.493 e. The lowest BCUT2D eigenvalue weighted by molar-refractivity contribution is -0.137. The lowest BCUT2D eigenvalue weighted by atomic mass is 10.2. The fraction of sp³-hybridized carbons (Fsp3) is 0.357. The van der Waals surface area contributed by atoms with Gasteiger partial charge in [-0.1, -0.05) is 6.08 Å². The maximum absolute atomic E-state index is 11.1. The second kappa shape index (κ2) is 8.02. The molecule has 19 heavy (non-hydrogen) atoms. The van der Waals surface area contributed by atoms with E-state index >= 15 is 0 Å². The second-order valence-electron chi connectivity index (χ2n) is 3.61. The zero-order valence-corrected chi connectivity index (χ0v) is 11.4. The fourth-order valence-corrected chi connectivity index (χ4v) is 1.47. The Morgan fingerprint density at radius 2 is 2.00 bits per heavy atom. The van der Waals surface area contributed by atoms with Crippen LogP contribution in [0, 0.1) is 0 Å². The Labute approximate surface area is 113 Å². The van der Waals surface area contributed by atoms with E-state index in [-0.39, 0.29) is 5.97 Å². The van der Waals surface area contributed by atoms with E-state index in [0.717, 1.165) is 5.69 Å². The first kappa shape index (κ1) is 14.9. The summed E-state index contributed by atoms with van der Waals surface area (Å²) in [4.78, 5) is 11.1. The van der Waals surface area contributed by atoms with Crippen LogP contribution in [0.15, 0.2) is 30.4 Å². The highest BCUT2D eigenvalue weighted by atomic mass is 16.5. The zero-order chi connectivity index (χ0) is 14.1. The molecule has 0 aliphatic heterocycles. The average Bonchev–Trinajstić information content (AvgIpc) is 2.43. The highest BCUT2D eigenvalue weighted by Crippen LogP contribution is 2.29. The third-order valence-electron chi connectivity index (χ3n) is 2.35. The first-order valence-electron chi connectivity index (χ1n) is 6.00. The highest BCUT2D eigenvalue weighted by molar-refractivity contribution is 5.81. The number of carbonyl (C=O) groups excluding carboxylic acids is 1. The molecule has 0 saturated heterocycles. The topological polar surface area (TPSA) is 56.8 Å². The number of hydrogen-bond acceptors (Lipinski definition) is 5. The van der Waals surface area contributed by atoms with Crippen molar-refractivity contribution >= 4 is 11.7 Å². The van der Waals surface area contributed by atoms with Crippen LogP contribution in [0.4, 0.5) is 5.69 Å². The molecular formula is C14H19NO4. The van der Waals surface area contributed by atoms with Crippen molar-refractivity contribution in [1.82, 2.24) is 0 Å². The third kappa shape index (κ3) is 4.91. The summed E-state index contributed by atoms with van der Waals surface area (Å²) in [6.07, 6.45) is 3.10. The smallest absolute Gasteiger partial charge is 0.330 e. The van der Waals surface area contributed by atoms with Gasteiger partial charge in [-0.2, -0.15) is 0 Å². The van der Waals surface area contributed by atoms with E-state index in [0.29, 0.717) is 24.7 Å². The summed E-state index contributed by atoms with van der Waals surface area (Å²) in [6.45, 7) is 2.67. The first-order chi connectivity index (χ1) is 9.21. The van der Waals surface area contributed by atoms with E-state index in [1.54, 1.807) is 27.2 Å². The van der Waals surface area contributed by atoms with Crippen LogP contribution in [0.2, 0.25) is 0 Å². The van der Waals surface area contributed by atoms with Crippen LogP contribution in [0.25, 0.3) is 0 Å². The van der Waals surface area contributed by atoms with E-state index in [1.807, 2.05) is 18.2 Å². The number of rotatable bonds is 7. The van der Waals surface area contributed by atoms with Crippen molar-refractivity contribution in [3.05, 3.63) is 30.4 Å². The Kier molecular flexibility index (Phi) is 6.29. The number of carbonyl (C=O) groups is 1. The summed E-state index contributed by atoms with van der Waals surface area (Å²) in [6, 6.07) is 5.52. The molecule has 0 aliphatic rings. The molecule has 0 radical (unpaired) electrons. The normalized spacial score (nSPS) is 10.3. The van der Waals surface area contributed by atoms with Crippen LogP contribution >= 0.6 is 0 Å². The van der Waals surface area contributed by atoms with Crippen molar-refractivity contribution in [3.63, 3.8) is 0 Å². The van der Waals surface area contributed by atoms with Crippen LogP contribution in [-0.4, -0.2) is 33.3 Å². The molecule has 5 nitrogen and oxygen atoms in total. The van der Waals surface area contributed by atoms with Crippen molar-refractivity contribution in [2.45, 2.75) is 6.92 Å². The van der Waals surface area contributed by atoms with Crippen molar-refractivity contribution in [3.8, 4) is 11.5 Å². The van der Waals surface area contributed by atoms with Gasteiger partial charge in [-0.05, 0) is 19.1 Å². The molecule has 1 rings (SSSR count). The lowest BCUT2D eigenvalue weighted by Crippen LogP contribution is -2.02. The molecule has 0 spiro atoms. The minimum absolute atomic E-state index is 0.336. The summed E-state index contributed by atoms with van der Waals surface area (Å²) in [5, 5.41) is 3.14. The predicted octanol–water partition coefficient (Wildman–Crippen LogP) is 2.24. The highest BCUT2D eigenvalue weighted by Gasteiger charge is 2.03. The molecular weight excluding hydrogens is 246 g/mol. The number of ether oxygens (including phenoxy) is 3. The maximum atomic E-state index is 11.1. The first-order valence-corrected chi connectivity index (χ1v) is 6.00. The molecule has 0 bridgehead atoms. The lowest BCUT2D eigenvalue weighted by Gasteiger charge is -2.10. The van der Waals surface area contributed by atoms with Crippen molar-refractivity contribution in [2.24, 2.45) is 0 Å². The van der Waals surface area contributed by atoms with Gasteiger partial charge < -0.3 is 19.5 Å². The van der Waals surface area contributed by atoms with Gasteiger partial charge in [0.1, 0.15) is 0 Å². The molecule has 1 aromatic rings. The molecule has 1 N–H and O–H groups in total. The number of esters is 1. The average molecular weight is 265 g/mol. The predicted molar refractivity (Wildman–Crippen MR) is 73.8 cm³/mol. The van der Waals surface area contributed by atoms with Crippen LogP contribution in [0.1, 0.15) is 6.92 Å². The van der Waals surface area contributed by atoms with Crippen LogP contribution < -0.4 is 14.8 Å². The monoisotopic (exact) mass is 265 g/mol. The summed E-state index contributed by atoms with van der Waals surface area (Å²) >= 11 is 0. The van der Waals surface area contributed by atoms with Crippen LogP contribution in [0.3, 0.4) is 0 Å². The quantitative estimate of drug-likeness (QED) is 0.605. The van der Waals surface area contributed by atoms with Crippen LogP contribution in [0.5, 0.6) is 11.5 Å². The summed E-state index contributed by atoms with van der Waals surface area (Å²) < 4.78 is 15.1. The molecule has 104 valence electrons. The molecule has 0 fully saturated rings. The Balaban J connectivity index is 2.52. The molecule has 0 aliphatic carbocycles. The van der Waals surface area contributed by atoms with Crippen molar-refractivity contribution < 1.29 is 19.0 Å². The van der Waals surface area contributed by atoms with E-state index in [4.69, 9.17) is 14.2 Å². The molecule has 0 saturated carbocycles. The van der Waals surface area contributed by atoms with Crippen molar-refractivity contribution in [1.29, 1.82) is 0 Å². The number of anilines is 1. The van der Waals surface area contributed by atoms with Gasteiger partial charge in [-0.3, -0.25) is 0 Å². The van der Waals surface area contributed by atoms with Crippen LogP contribution in [-0.2, 0) is 9.53 Å². The SMILES string of the molecule is CCOC(=O)/C=C/CNc1ccc(OC)c(OC)c1. The molecule has 0 unspecified atom stereocenters. The Bertz CT molecular complexity index is 443. The standard InChI is InChI=1S/C14H19NO4/c1-4-19-14(16)6-5-9-15-11-7-8-12(17-2)13(10-11)18-3/h5-8,10,15H,4,9H2,1-3H3/b6-5+. The number of nitrogens with one attached hydrogen (secondary N) is 1. The van der Waals surface area contributed by atoms with Gasteiger partial charge in [0, 0.05) is 24.4 Å². The van der Waals surface area contributed by atoms with Gasteiger partial charge in [-0.15, -0.1) is 0 Å². The molecule has 1 aromatic carbocycles. The van der Waals surface area contributed by atoms with Gasteiger partial charge in [0.2, 0.25) is 0 Å². The minimum Gasteiger partial charge on any atom is -0.493 e. The molecule has 5 heteroatoms.